The van der Waals surface area contributed by atoms with E-state index in [9.17, 15) is 4.79 Å². The molecule has 0 aromatic heterocycles. The van der Waals surface area contributed by atoms with Crippen LogP contribution in [-0.4, -0.2) is 36.5 Å². The predicted octanol–water partition coefficient (Wildman–Crippen LogP) is 3.15. The van der Waals surface area contributed by atoms with Crippen LogP contribution in [0.15, 0.2) is 30.3 Å². The zero-order chi connectivity index (χ0) is 17.7. The molecule has 0 aliphatic heterocycles. The van der Waals surface area contributed by atoms with Gasteiger partial charge in [-0.3, -0.25) is 0 Å². The van der Waals surface area contributed by atoms with E-state index in [1.807, 2.05) is 37.3 Å². The molecular weight excluding hydrogens is 316 g/mol. The lowest BCUT2D eigenvalue weighted by Crippen LogP contribution is -2.68. The molecule has 2 saturated carbocycles. The van der Waals surface area contributed by atoms with Gasteiger partial charge in [0.15, 0.2) is 0 Å². The third kappa shape index (κ3) is 3.82. The molecule has 3 atom stereocenters. The van der Waals surface area contributed by atoms with E-state index in [0.717, 1.165) is 37.9 Å². The van der Waals surface area contributed by atoms with Gasteiger partial charge in [-0.05, 0) is 44.6 Å². The van der Waals surface area contributed by atoms with Crippen LogP contribution in [-0.2, 0) is 4.74 Å². The van der Waals surface area contributed by atoms with Crippen molar-refractivity contribution < 1.29 is 14.6 Å². The first-order valence-electron chi connectivity index (χ1n) is 9.54. The van der Waals surface area contributed by atoms with Crippen LogP contribution in [0.5, 0.6) is 0 Å². The van der Waals surface area contributed by atoms with Crippen LogP contribution in [0.2, 0.25) is 0 Å². The molecule has 1 spiro atoms. The number of carbonyl (C=O) groups excluding carboxylic acids is 1. The molecule has 2 fully saturated rings. The van der Waals surface area contributed by atoms with E-state index in [1.165, 1.54) is 6.42 Å². The molecule has 0 bridgehead atoms. The van der Waals surface area contributed by atoms with Gasteiger partial charge in [-0.2, -0.15) is 0 Å². The number of benzene rings is 1. The van der Waals surface area contributed by atoms with Crippen LogP contribution in [0.1, 0.15) is 57.1 Å². The van der Waals surface area contributed by atoms with Gasteiger partial charge in [0.1, 0.15) is 0 Å². The van der Waals surface area contributed by atoms with Crippen LogP contribution in [0, 0.1) is 5.41 Å². The molecule has 3 rings (SSSR count). The lowest BCUT2D eigenvalue weighted by molar-refractivity contribution is -0.169. The summed E-state index contributed by atoms with van der Waals surface area (Å²) in [4.78, 5) is 12.6. The minimum Gasteiger partial charge on any atom is -0.396 e. The van der Waals surface area contributed by atoms with Gasteiger partial charge in [0.05, 0.1) is 12.1 Å². The van der Waals surface area contributed by atoms with E-state index in [0.29, 0.717) is 12.5 Å². The fourth-order valence-corrected chi connectivity index (χ4v) is 4.30. The van der Waals surface area contributed by atoms with Crippen LogP contribution < -0.4 is 10.6 Å². The van der Waals surface area contributed by atoms with E-state index in [1.54, 1.807) is 0 Å². The van der Waals surface area contributed by atoms with Crippen molar-refractivity contribution >= 4 is 6.03 Å². The van der Waals surface area contributed by atoms with Crippen molar-refractivity contribution in [3.8, 4) is 0 Å². The Bertz CT molecular complexity index is 559. The second-order valence-corrected chi connectivity index (χ2v) is 7.27. The van der Waals surface area contributed by atoms with Crippen molar-refractivity contribution in [2.75, 3.05) is 13.2 Å². The van der Waals surface area contributed by atoms with E-state index in [4.69, 9.17) is 9.84 Å². The molecule has 1 aromatic rings. The van der Waals surface area contributed by atoms with E-state index < -0.39 is 0 Å². The highest BCUT2D eigenvalue weighted by molar-refractivity contribution is 5.75. The zero-order valence-electron chi connectivity index (χ0n) is 15.0. The SMILES string of the molecule is CCOC1CC(NC(=O)NC(CCCO)c2ccccc2)C12CCC2. The van der Waals surface area contributed by atoms with Gasteiger partial charge in [-0.25, -0.2) is 4.79 Å². The first-order chi connectivity index (χ1) is 12.2. The van der Waals surface area contributed by atoms with Crippen LogP contribution in [0.3, 0.4) is 0 Å². The Kier molecular flexibility index (Phi) is 5.97. The molecule has 2 amide bonds. The van der Waals surface area contributed by atoms with Gasteiger partial charge >= 0.3 is 6.03 Å². The molecule has 3 N–H and O–H groups in total. The highest BCUT2D eigenvalue weighted by Crippen LogP contribution is 2.57. The highest BCUT2D eigenvalue weighted by atomic mass is 16.5. The normalized spacial score (nSPS) is 24.9. The predicted molar refractivity (Wildman–Crippen MR) is 97.3 cm³/mol. The quantitative estimate of drug-likeness (QED) is 0.677. The summed E-state index contributed by atoms with van der Waals surface area (Å²) >= 11 is 0. The Hall–Kier alpha value is -1.59. The van der Waals surface area contributed by atoms with Gasteiger partial charge in [0.25, 0.3) is 0 Å². The van der Waals surface area contributed by atoms with Gasteiger partial charge in [-0.15, -0.1) is 0 Å². The first kappa shape index (κ1) is 18.2. The van der Waals surface area contributed by atoms with Gasteiger partial charge < -0.3 is 20.5 Å². The zero-order valence-corrected chi connectivity index (χ0v) is 15.0. The number of rotatable bonds is 8. The first-order valence-corrected chi connectivity index (χ1v) is 9.54. The number of hydrogen-bond acceptors (Lipinski definition) is 3. The van der Waals surface area contributed by atoms with Crippen molar-refractivity contribution in [3.63, 3.8) is 0 Å². The number of ether oxygens (including phenoxy) is 1. The summed E-state index contributed by atoms with van der Waals surface area (Å²) in [6.07, 6.45) is 6.13. The lowest BCUT2D eigenvalue weighted by Gasteiger charge is -2.60. The fourth-order valence-electron chi connectivity index (χ4n) is 4.30. The summed E-state index contributed by atoms with van der Waals surface area (Å²) < 4.78 is 5.85. The molecule has 1 aromatic carbocycles. The Balaban J connectivity index is 1.57. The number of urea groups is 1. The van der Waals surface area contributed by atoms with E-state index in [2.05, 4.69) is 10.6 Å². The van der Waals surface area contributed by atoms with Crippen molar-refractivity contribution in [1.29, 1.82) is 0 Å². The second kappa shape index (κ2) is 8.19. The van der Waals surface area contributed by atoms with Crippen LogP contribution in [0.25, 0.3) is 0 Å². The molecule has 2 aliphatic carbocycles. The maximum absolute atomic E-state index is 12.6. The van der Waals surface area contributed by atoms with E-state index >= 15 is 0 Å². The second-order valence-electron chi connectivity index (χ2n) is 7.27. The summed E-state index contributed by atoms with van der Waals surface area (Å²) in [6, 6.07) is 9.98. The standard InChI is InChI=1S/C20H30N2O3/c1-2-25-18-14-17(20(18)11-7-12-20)22-19(24)21-16(10-6-13-23)15-8-4-3-5-9-15/h3-5,8-9,16-18,23H,2,6-7,10-14H2,1H3,(H2,21,22,24). The molecule has 0 heterocycles. The van der Waals surface area contributed by atoms with Gasteiger partial charge in [0.2, 0.25) is 0 Å². The number of hydrogen-bond donors (Lipinski definition) is 3. The smallest absolute Gasteiger partial charge is 0.315 e. The summed E-state index contributed by atoms with van der Waals surface area (Å²) in [5.74, 6) is 0. The fraction of sp³-hybridized carbons (Fsp3) is 0.650. The molecule has 3 unspecified atom stereocenters. The minimum absolute atomic E-state index is 0.0755. The van der Waals surface area contributed by atoms with E-state index in [-0.39, 0.29) is 30.1 Å². The third-order valence-corrected chi connectivity index (χ3v) is 5.90. The molecule has 5 nitrogen and oxygen atoms in total. The molecule has 0 radical (unpaired) electrons. The largest absolute Gasteiger partial charge is 0.396 e. The number of nitrogens with one attached hydrogen (secondary N) is 2. The van der Waals surface area contributed by atoms with Crippen molar-refractivity contribution in [2.45, 2.75) is 63.6 Å². The average molecular weight is 346 g/mol. The lowest BCUT2D eigenvalue weighted by atomic mass is 9.51. The van der Waals surface area contributed by atoms with Crippen LogP contribution >= 0.6 is 0 Å². The minimum atomic E-state index is -0.113. The maximum Gasteiger partial charge on any atom is 0.315 e. The van der Waals surface area contributed by atoms with Crippen LogP contribution in [0.4, 0.5) is 4.79 Å². The van der Waals surface area contributed by atoms with Crippen molar-refractivity contribution in [2.24, 2.45) is 5.41 Å². The summed E-state index contributed by atoms with van der Waals surface area (Å²) in [5, 5.41) is 15.4. The Morgan fingerprint density at radius 2 is 2.12 bits per heavy atom. The maximum atomic E-state index is 12.6. The Morgan fingerprint density at radius 1 is 1.36 bits per heavy atom. The third-order valence-electron chi connectivity index (χ3n) is 5.90. The van der Waals surface area contributed by atoms with Crippen molar-refractivity contribution in [3.05, 3.63) is 35.9 Å². The topological polar surface area (TPSA) is 70.6 Å². The molecule has 5 heteroatoms. The molecule has 2 aliphatic rings. The summed E-state index contributed by atoms with van der Waals surface area (Å²) in [6.45, 7) is 2.91. The average Bonchev–Trinajstić information content (AvgIpc) is 2.57. The molecule has 0 saturated heterocycles. The Labute approximate surface area is 150 Å². The number of aliphatic hydroxyl groups is 1. The summed E-state index contributed by atoms with van der Waals surface area (Å²) in [5.41, 5.74) is 1.24. The number of aliphatic hydroxyl groups excluding tert-OH is 1. The van der Waals surface area contributed by atoms with Crippen molar-refractivity contribution in [1.82, 2.24) is 10.6 Å². The van der Waals surface area contributed by atoms with Gasteiger partial charge in [-0.1, -0.05) is 36.8 Å². The number of carbonyl (C=O) groups is 1. The highest BCUT2D eigenvalue weighted by Gasteiger charge is 2.59. The summed E-state index contributed by atoms with van der Waals surface area (Å²) in [7, 11) is 0. The molecule has 138 valence electrons. The Morgan fingerprint density at radius 3 is 2.72 bits per heavy atom. The molecular formula is C20H30N2O3. The monoisotopic (exact) mass is 346 g/mol. The van der Waals surface area contributed by atoms with Gasteiger partial charge in [0, 0.05) is 24.7 Å². The number of amides is 2. The molecule has 25 heavy (non-hydrogen) atoms.